The Hall–Kier alpha value is -2.54. The normalized spacial score (nSPS) is 10.4. The van der Waals surface area contributed by atoms with Gasteiger partial charge in [-0.3, -0.25) is 0 Å². The van der Waals surface area contributed by atoms with E-state index in [0.717, 1.165) is 5.56 Å². The molecular weight excluding hydrogens is 278 g/mol. The van der Waals surface area contributed by atoms with Crippen molar-refractivity contribution in [3.63, 3.8) is 0 Å². The smallest absolute Gasteiger partial charge is 0.374 e. The van der Waals surface area contributed by atoms with Crippen LogP contribution in [-0.2, 0) is 11.3 Å². The molecule has 0 spiro atoms. The summed E-state index contributed by atoms with van der Waals surface area (Å²) in [4.78, 5) is 10.9. The van der Waals surface area contributed by atoms with Gasteiger partial charge >= 0.3 is 5.97 Å². The van der Waals surface area contributed by atoms with Crippen molar-refractivity contribution < 1.29 is 28.6 Å². The molecule has 2 aromatic rings. The molecular formula is C14H15NO6. The second-order valence-corrected chi connectivity index (χ2v) is 4.18. The Morgan fingerprint density at radius 1 is 1.24 bits per heavy atom. The second-order valence-electron chi connectivity index (χ2n) is 4.18. The van der Waals surface area contributed by atoms with Gasteiger partial charge in [0, 0.05) is 24.3 Å². The van der Waals surface area contributed by atoms with Gasteiger partial charge in [-0.25, -0.2) is 4.79 Å². The molecule has 0 aliphatic rings. The summed E-state index contributed by atoms with van der Waals surface area (Å²) >= 11 is 0. The highest BCUT2D eigenvalue weighted by Gasteiger charge is 2.19. The zero-order chi connectivity index (χ0) is 15.4. The van der Waals surface area contributed by atoms with Crippen LogP contribution in [-0.4, -0.2) is 37.6 Å². The predicted molar refractivity (Wildman–Crippen MR) is 72.7 cm³/mol. The maximum absolute atomic E-state index is 10.9. The van der Waals surface area contributed by atoms with Crippen molar-refractivity contribution in [2.75, 3.05) is 21.3 Å². The quantitative estimate of drug-likeness (QED) is 0.872. The molecule has 0 radical (unpaired) electrons. The second kappa shape index (κ2) is 6.27. The number of carboxylic acid groups (broad SMARTS) is 1. The van der Waals surface area contributed by atoms with E-state index in [0.29, 0.717) is 29.4 Å². The molecule has 0 bridgehead atoms. The zero-order valence-electron chi connectivity index (χ0n) is 11.9. The highest BCUT2D eigenvalue weighted by atomic mass is 16.5. The van der Waals surface area contributed by atoms with Crippen molar-refractivity contribution in [3.8, 4) is 22.8 Å². The number of hydrogen-bond donors (Lipinski definition) is 1. The molecule has 1 N–H and O–H groups in total. The van der Waals surface area contributed by atoms with E-state index in [4.69, 9.17) is 23.8 Å². The van der Waals surface area contributed by atoms with Crippen LogP contribution in [0.3, 0.4) is 0 Å². The molecule has 1 heterocycles. The first-order valence-electron chi connectivity index (χ1n) is 6.05. The van der Waals surface area contributed by atoms with E-state index in [1.54, 1.807) is 19.2 Å². The minimum absolute atomic E-state index is 0.247. The molecule has 0 saturated heterocycles. The van der Waals surface area contributed by atoms with Crippen LogP contribution in [0.1, 0.15) is 16.1 Å². The van der Waals surface area contributed by atoms with Crippen molar-refractivity contribution in [3.05, 3.63) is 29.5 Å². The molecule has 1 aromatic heterocycles. The number of hydrogen-bond acceptors (Lipinski definition) is 6. The first-order chi connectivity index (χ1) is 10.1. The molecule has 0 aliphatic carbocycles. The highest BCUT2D eigenvalue weighted by molar-refractivity contribution is 5.86. The van der Waals surface area contributed by atoms with Gasteiger partial charge < -0.3 is 23.8 Å². The van der Waals surface area contributed by atoms with Crippen molar-refractivity contribution >= 4 is 5.97 Å². The minimum atomic E-state index is -1.19. The molecule has 112 valence electrons. The van der Waals surface area contributed by atoms with Crippen molar-refractivity contribution in [2.45, 2.75) is 6.61 Å². The number of methoxy groups -OCH3 is 3. The molecule has 2 rings (SSSR count). The van der Waals surface area contributed by atoms with E-state index in [1.807, 2.05) is 0 Å². The summed E-state index contributed by atoms with van der Waals surface area (Å²) in [5.41, 5.74) is 1.68. The van der Waals surface area contributed by atoms with Gasteiger partial charge in [0.15, 0.2) is 0 Å². The molecule has 7 nitrogen and oxygen atoms in total. The lowest BCUT2D eigenvalue weighted by atomic mass is 10.1. The van der Waals surface area contributed by atoms with Gasteiger partial charge in [-0.05, 0) is 12.1 Å². The lowest BCUT2D eigenvalue weighted by Gasteiger charge is -2.13. The van der Waals surface area contributed by atoms with Crippen LogP contribution in [0, 0.1) is 0 Å². The van der Waals surface area contributed by atoms with E-state index in [9.17, 15) is 4.79 Å². The van der Waals surface area contributed by atoms with Crippen LogP contribution in [0.15, 0.2) is 22.7 Å². The first kappa shape index (κ1) is 14.9. The Bertz CT molecular complexity index is 649. The minimum Gasteiger partial charge on any atom is -0.497 e. The Morgan fingerprint density at radius 3 is 2.52 bits per heavy atom. The molecule has 0 amide bonds. The third kappa shape index (κ3) is 2.97. The fourth-order valence-electron chi connectivity index (χ4n) is 1.97. The summed E-state index contributed by atoms with van der Waals surface area (Å²) < 4.78 is 20.5. The Labute approximate surface area is 121 Å². The van der Waals surface area contributed by atoms with E-state index < -0.39 is 5.97 Å². The summed E-state index contributed by atoms with van der Waals surface area (Å²) in [6, 6.07) is 4.81. The first-order valence-corrected chi connectivity index (χ1v) is 6.05. The van der Waals surface area contributed by atoms with Gasteiger partial charge in [-0.1, -0.05) is 5.16 Å². The van der Waals surface area contributed by atoms with Crippen LogP contribution in [0.2, 0.25) is 0 Å². The number of benzene rings is 1. The van der Waals surface area contributed by atoms with Crippen molar-refractivity contribution in [1.29, 1.82) is 0 Å². The molecule has 0 atom stereocenters. The lowest BCUT2D eigenvalue weighted by molar-refractivity contribution is 0.0652. The van der Waals surface area contributed by atoms with Crippen molar-refractivity contribution in [2.24, 2.45) is 0 Å². The summed E-state index contributed by atoms with van der Waals surface area (Å²) in [6.45, 7) is 0.316. The predicted octanol–water partition coefficient (Wildman–Crippen LogP) is 2.20. The van der Waals surface area contributed by atoms with E-state index in [-0.39, 0.29) is 5.76 Å². The topological polar surface area (TPSA) is 91.0 Å². The third-order valence-corrected chi connectivity index (χ3v) is 2.88. The van der Waals surface area contributed by atoms with Crippen LogP contribution < -0.4 is 9.47 Å². The Kier molecular flexibility index (Phi) is 4.44. The van der Waals surface area contributed by atoms with Gasteiger partial charge in [-0.15, -0.1) is 0 Å². The lowest BCUT2D eigenvalue weighted by Crippen LogP contribution is -1.98. The molecule has 0 aliphatic heterocycles. The number of aromatic carboxylic acids is 1. The molecule has 0 saturated carbocycles. The van der Waals surface area contributed by atoms with Gasteiger partial charge in [0.1, 0.15) is 17.2 Å². The standard InChI is InChI=1S/C14H15NO6/c1-18-7-8-4-9(19-2)5-10(13(8)20-3)11-6-12(14(16)17)21-15-11/h4-6H,7H2,1-3H3,(H,16,17). The van der Waals surface area contributed by atoms with E-state index in [1.165, 1.54) is 20.3 Å². The molecule has 21 heavy (non-hydrogen) atoms. The molecule has 0 unspecified atom stereocenters. The summed E-state index contributed by atoms with van der Waals surface area (Å²) in [7, 11) is 4.62. The fourth-order valence-corrected chi connectivity index (χ4v) is 1.97. The van der Waals surface area contributed by atoms with Gasteiger partial charge in [-0.2, -0.15) is 0 Å². The SMILES string of the molecule is COCc1cc(OC)cc(-c2cc(C(=O)O)on2)c1OC. The number of carboxylic acids is 1. The van der Waals surface area contributed by atoms with Crippen LogP contribution >= 0.6 is 0 Å². The van der Waals surface area contributed by atoms with Gasteiger partial charge in [0.05, 0.1) is 20.8 Å². The maximum Gasteiger partial charge on any atom is 0.374 e. The van der Waals surface area contributed by atoms with Crippen LogP contribution in [0.4, 0.5) is 0 Å². The van der Waals surface area contributed by atoms with Crippen LogP contribution in [0.25, 0.3) is 11.3 Å². The Morgan fingerprint density at radius 2 is 2.00 bits per heavy atom. The zero-order valence-corrected chi connectivity index (χ0v) is 11.9. The molecule has 0 fully saturated rings. The Balaban J connectivity index is 2.58. The molecule has 1 aromatic carbocycles. The number of ether oxygens (including phenoxy) is 3. The largest absolute Gasteiger partial charge is 0.497 e. The average Bonchev–Trinajstić information content (AvgIpc) is 2.96. The maximum atomic E-state index is 10.9. The number of rotatable bonds is 6. The fraction of sp³-hybridized carbons (Fsp3) is 0.286. The van der Waals surface area contributed by atoms with E-state index >= 15 is 0 Å². The van der Waals surface area contributed by atoms with Crippen LogP contribution in [0.5, 0.6) is 11.5 Å². The number of aromatic nitrogens is 1. The summed E-state index contributed by atoms with van der Waals surface area (Å²) in [5.74, 6) is -0.323. The number of carbonyl (C=O) groups is 1. The van der Waals surface area contributed by atoms with Crippen molar-refractivity contribution in [1.82, 2.24) is 5.16 Å². The summed E-state index contributed by atoms with van der Waals surface area (Å²) in [5, 5.41) is 12.7. The average molecular weight is 293 g/mol. The molecule has 7 heteroatoms. The van der Waals surface area contributed by atoms with Gasteiger partial charge in [0.2, 0.25) is 5.76 Å². The summed E-state index contributed by atoms with van der Waals surface area (Å²) in [6.07, 6.45) is 0. The van der Waals surface area contributed by atoms with Gasteiger partial charge in [0.25, 0.3) is 0 Å². The number of nitrogens with zero attached hydrogens (tertiary/aromatic N) is 1. The van der Waals surface area contributed by atoms with E-state index in [2.05, 4.69) is 5.16 Å². The highest BCUT2D eigenvalue weighted by Crippen LogP contribution is 2.37. The monoisotopic (exact) mass is 293 g/mol. The third-order valence-electron chi connectivity index (χ3n) is 2.88.